The minimum Gasteiger partial charge on any atom is -0.256 e. The fourth-order valence-electron chi connectivity index (χ4n) is 10.2. The van der Waals surface area contributed by atoms with E-state index in [0.717, 1.165) is 12.1 Å². The maximum absolute atomic E-state index is 5.10. The van der Waals surface area contributed by atoms with Crippen LogP contribution in [0.2, 0.25) is 0 Å². The molecule has 8 aromatic rings. The highest BCUT2D eigenvalue weighted by Gasteiger charge is 2.52. The summed E-state index contributed by atoms with van der Waals surface area (Å²) >= 11 is 0. The topological polar surface area (TPSA) is 12.9 Å². The number of allylic oxidation sites excluding steroid dienone is 4. The Bertz CT molecular complexity index is 2850. The monoisotopic (exact) mass is 645 g/mol. The summed E-state index contributed by atoms with van der Waals surface area (Å²) in [6, 6.07) is 54.5. The van der Waals surface area contributed by atoms with E-state index in [-0.39, 0.29) is 11.3 Å². The molecule has 0 aliphatic heterocycles. The lowest BCUT2D eigenvalue weighted by molar-refractivity contribution is 0.791. The number of hydrogen-bond donors (Lipinski definition) is 0. The quantitative estimate of drug-likeness (QED) is 0.182. The lowest BCUT2D eigenvalue weighted by Gasteiger charge is -2.30. The first-order valence-electron chi connectivity index (χ1n) is 18.1. The highest BCUT2D eigenvalue weighted by atomic mass is 14.7. The van der Waals surface area contributed by atoms with Crippen LogP contribution in [0, 0.1) is 0 Å². The zero-order valence-electron chi connectivity index (χ0n) is 27.9. The molecule has 7 aromatic carbocycles. The van der Waals surface area contributed by atoms with Gasteiger partial charge in [-0.1, -0.05) is 152 Å². The molecule has 1 spiro atoms. The predicted octanol–water partition coefficient (Wildman–Crippen LogP) is 12.0. The molecule has 0 bridgehead atoms. The lowest BCUT2D eigenvalue weighted by atomic mass is 9.70. The van der Waals surface area contributed by atoms with E-state index in [4.69, 9.17) is 4.98 Å². The van der Waals surface area contributed by atoms with Crippen molar-refractivity contribution in [1.82, 2.24) is 4.98 Å². The Kier molecular flexibility index (Phi) is 5.34. The number of aromatic nitrogens is 1. The van der Waals surface area contributed by atoms with Crippen molar-refractivity contribution in [3.8, 4) is 33.5 Å². The normalized spacial score (nSPS) is 16.5. The predicted molar refractivity (Wildman–Crippen MR) is 210 cm³/mol. The number of nitrogens with zero attached hydrogens (tertiary/aromatic N) is 1. The van der Waals surface area contributed by atoms with Gasteiger partial charge in [-0.3, -0.25) is 4.98 Å². The number of rotatable bonds is 2. The van der Waals surface area contributed by atoms with Gasteiger partial charge in [-0.05, 0) is 112 Å². The van der Waals surface area contributed by atoms with Crippen LogP contribution in [0.4, 0.5) is 0 Å². The van der Waals surface area contributed by atoms with Gasteiger partial charge in [0, 0.05) is 17.7 Å². The van der Waals surface area contributed by atoms with E-state index in [0.29, 0.717) is 0 Å². The van der Waals surface area contributed by atoms with E-state index >= 15 is 0 Å². The molecular formula is C50H31N. The molecule has 0 radical (unpaired) electrons. The molecule has 0 saturated carbocycles. The number of fused-ring (bicyclic) bond motifs is 11. The van der Waals surface area contributed by atoms with E-state index in [2.05, 4.69) is 164 Å². The third kappa shape index (κ3) is 3.43. The van der Waals surface area contributed by atoms with Crippen LogP contribution in [0.5, 0.6) is 0 Å². The van der Waals surface area contributed by atoms with Crippen molar-refractivity contribution in [2.75, 3.05) is 0 Å². The van der Waals surface area contributed by atoms with Gasteiger partial charge in [-0.2, -0.15) is 0 Å². The van der Waals surface area contributed by atoms with E-state index in [1.54, 1.807) is 0 Å². The summed E-state index contributed by atoms with van der Waals surface area (Å²) in [5, 5.41) is 5.35. The molecule has 4 aliphatic rings. The van der Waals surface area contributed by atoms with Gasteiger partial charge < -0.3 is 0 Å². The number of pyridine rings is 1. The van der Waals surface area contributed by atoms with Gasteiger partial charge in [-0.25, -0.2) is 0 Å². The molecule has 1 atom stereocenters. The Morgan fingerprint density at radius 3 is 2.18 bits per heavy atom. The molecule has 0 amide bonds. The third-order valence-electron chi connectivity index (χ3n) is 12.3. The van der Waals surface area contributed by atoms with Crippen molar-refractivity contribution in [1.29, 1.82) is 0 Å². The molecule has 4 aliphatic carbocycles. The SMILES string of the molecule is C1=CC(c2cccc3ccccc23)c2ccc3ccc(-c4ccc5c(c4)-c4ncccc4C54c5ccccc5-c5ccccc54)c4c3c2C1=CC4. The van der Waals surface area contributed by atoms with Crippen LogP contribution in [-0.2, 0) is 11.8 Å². The Morgan fingerprint density at radius 2 is 1.29 bits per heavy atom. The molecule has 0 N–H and O–H groups in total. The Balaban J connectivity index is 1.07. The summed E-state index contributed by atoms with van der Waals surface area (Å²) < 4.78 is 0. The molecule has 1 heterocycles. The average Bonchev–Trinajstić information content (AvgIpc) is 3.67. The van der Waals surface area contributed by atoms with Gasteiger partial charge >= 0.3 is 0 Å². The lowest BCUT2D eigenvalue weighted by Crippen LogP contribution is -2.25. The third-order valence-corrected chi connectivity index (χ3v) is 12.3. The molecule has 1 heteroatoms. The van der Waals surface area contributed by atoms with Crippen LogP contribution >= 0.6 is 0 Å². The van der Waals surface area contributed by atoms with Crippen LogP contribution < -0.4 is 0 Å². The summed E-state index contributed by atoms with van der Waals surface area (Å²) in [5.41, 5.74) is 19.4. The zero-order valence-corrected chi connectivity index (χ0v) is 27.9. The maximum atomic E-state index is 5.10. The largest absolute Gasteiger partial charge is 0.256 e. The smallest absolute Gasteiger partial charge is 0.0753 e. The van der Waals surface area contributed by atoms with Crippen molar-refractivity contribution in [3.05, 3.63) is 215 Å². The molecule has 1 nitrogen and oxygen atoms in total. The van der Waals surface area contributed by atoms with Gasteiger partial charge in [-0.15, -0.1) is 0 Å². The first-order chi connectivity index (χ1) is 25.3. The molecule has 1 aromatic heterocycles. The van der Waals surface area contributed by atoms with Crippen LogP contribution in [0.15, 0.2) is 170 Å². The number of hydrogen-bond acceptors (Lipinski definition) is 1. The summed E-state index contributed by atoms with van der Waals surface area (Å²) in [4.78, 5) is 5.10. The highest BCUT2D eigenvalue weighted by molar-refractivity contribution is 6.06. The standard InChI is InChI=1S/C50H31N/c1-2-11-34-30(9-1)10-7-14-36(34)37-24-19-32-20-25-40-35(23-18-31-21-26-41(37)48(32)47(31)40)33-22-27-45-42(29-33)49-46(17-8-28-51-49)50(45)43-15-5-3-12-38(43)39-13-4-6-16-44(39)50/h1-24,26-29,37H,25H2. The molecule has 0 saturated heterocycles. The first-order valence-corrected chi connectivity index (χ1v) is 18.1. The van der Waals surface area contributed by atoms with E-state index in [1.807, 2.05) is 6.20 Å². The molecule has 236 valence electrons. The minimum atomic E-state index is -0.373. The van der Waals surface area contributed by atoms with Crippen LogP contribution in [0.3, 0.4) is 0 Å². The fraction of sp³-hybridized carbons (Fsp3) is 0.0600. The van der Waals surface area contributed by atoms with Gasteiger partial charge in [0.05, 0.1) is 11.1 Å². The minimum absolute atomic E-state index is 0.207. The molecule has 12 rings (SSSR count). The van der Waals surface area contributed by atoms with Crippen molar-refractivity contribution < 1.29 is 0 Å². The Labute approximate surface area is 296 Å². The Morgan fingerprint density at radius 1 is 0.549 bits per heavy atom. The summed E-state index contributed by atoms with van der Waals surface area (Å²) in [5.74, 6) is 0.207. The zero-order chi connectivity index (χ0) is 33.3. The molecular weight excluding hydrogens is 615 g/mol. The average molecular weight is 646 g/mol. The van der Waals surface area contributed by atoms with Crippen molar-refractivity contribution in [2.24, 2.45) is 0 Å². The van der Waals surface area contributed by atoms with E-state index in [9.17, 15) is 0 Å². The second kappa shape index (κ2) is 9.90. The van der Waals surface area contributed by atoms with Crippen LogP contribution in [-0.4, -0.2) is 4.98 Å². The second-order valence-corrected chi connectivity index (χ2v) is 14.5. The fourth-order valence-corrected chi connectivity index (χ4v) is 10.2. The highest BCUT2D eigenvalue weighted by Crippen LogP contribution is 2.62. The van der Waals surface area contributed by atoms with Gasteiger partial charge in [0.2, 0.25) is 0 Å². The van der Waals surface area contributed by atoms with Crippen molar-refractivity contribution in [3.63, 3.8) is 0 Å². The molecule has 0 fully saturated rings. The van der Waals surface area contributed by atoms with Gasteiger partial charge in [0.15, 0.2) is 0 Å². The summed E-state index contributed by atoms with van der Waals surface area (Å²) in [6.45, 7) is 0. The first kappa shape index (κ1) is 27.5. The van der Waals surface area contributed by atoms with Crippen LogP contribution in [0.1, 0.15) is 50.4 Å². The molecule has 51 heavy (non-hydrogen) atoms. The van der Waals surface area contributed by atoms with Gasteiger partial charge in [0.25, 0.3) is 0 Å². The van der Waals surface area contributed by atoms with Gasteiger partial charge in [0.1, 0.15) is 0 Å². The summed E-state index contributed by atoms with van der Waals surface area (Å²) in [7, 11) is 0. The van der Waals surface area contributed by atoms with Crippen molar-refractivity contribution in [2.45, 2.75) is 17.8 Å². The Hall–Kier alpha value is -6.31. The molecule has 1 unspecified atom stereocenters. The van der Waals surface area contributed by atoms with Crippen LogP contribution in [0.25, 0.3) is 60.6 Å². The number of benzene rings is 7. The van der Waals surface area contributed by atoms with E-state index in [1.165, 1.54) is 99.4 Å². The van der Waals surface area contributed by atoms with E-state index < -0.39 is 0 Å². The van der Waals surface area contributed by atoms with Crippen molar-refractivity contribution >= 4 is 27.1 Å². The summed E-state index contributed by atoms with van der Waals surface area (Å²) in [6.07, 6.45) is 10.1. The second-order valence-electron chi connectivity index (χ2n) is 14.5. The maximum Gasteiger partial charge on any atom is 0.0753 e.